The largest absolute Gasteiger partial charge is 0.314 e. The number of hydrogen-bond donors (Lipinski definition) is 1. The summed E-state index contributed by atoms with van der Waals surface area (Å²) in [5.74, 6) is 0.870. The van der Waals surface area contributed by atoms with E-state index in [0.29, 0.717) is 6.04 Å². The second-order valence-corrected chi connectivity index (χ2v) is 3.96. The van der Waals surface area contributed by atoms with Crippen LogP contribution in [-0.2, 0) is 0 Å². The van der Waals surface area contributed by atoms with Crippen LogP contribution in [0.25, 0.3) is 0 Å². The van der Waals surface area contributed by atoms with Crippen LogP contribution in [0.4, 0.5) is 0 Å². The topological polar surface area (TPSA) is 12.0 Å². The van der Waals surface area contributed by atoms with Crippen molar-refractivity contribution in [3.05, 3.63) is 0 Å². The second kappa shape index (κ2) is 7.60. The fraction of sp³-hybridized carbons (Fsp3) is 1.00. The zero-order valence-electron chi connectivity index (χ0n) is 9.19. The maximum Gasteiger partial charge on any atom is 0.00412 e. The molecule has 0 heterocycles. The van der Waals surface area contributed by atoms with Gasteiger partial charge in [0.1, 0.15) is 0 Å². The smallest absolute Gasteiger partial charge is 0.00412 e. The number of hydrogen-bond acceptors (Lipinski definition) is 1. The first kappa shape index (κ1) is 12.0. The number of nitrogens with one attached hydrogen (secondary N) is 1. The molecule has 2 atom stereocenters. The van der Waals surface area contributed by atoms with Gasteiger partial charge in [-0.3, -0.25) is 0 Å². The Balaban J connectivity index is 3.26. The molecule has 1 N–H and O–H groups in total. The van der Waals surface area contributed by atoms with E-state index in [2.05, 4.69) is 33.0 Å². The zero-order chi connectivity index (χ0) is 9.40. The number of rotatable bonds is 7. The molecule has 12 heavy (non-hydrogen) atoms. The van der Waals surface area contributed by atoms with E-state index in [1.807, 2.05) is 0 Å². The summed E-state index contributed by atoms with van der Waals surface area (Å²) in [7, 11) is 0. The van der Waals surface area contributed by atoms with E-state index < -0.39 is 0 Å². The van der Waals surface area contributed by atoms with Crippen molar-refractivity contribution in [2.75, 3.05) is 6.54 Å². The maximum absolute atomic E-state index is 3.55. The van der Waals surface area contributed by atoms with Gasteiger partial charge in [-0.05, 0) is 32.2 Å². The fourth-order valence-corrected chi connectivity index (χ4v) is 1.38. The summed E-state index contributed by atoms with van der Waals surface area (Å²) < 4.78 is 0. The van der Waals surface area contributed by atoms with Gasteiger partial charge in [-0.2, -0.15) is 0 Å². The lowest BCUT2D eigenvalue weighted by Gasteiger charge is -2.17. The summed E-state index contributed by atoms with van der Waals surface area (Å²) >= 11 is 0. The van der Waals surface area contributed by atoms with Crippen LogP contribution in [0.3, 0.4) is 0 Å². The lowest BCUT2D eigenvalue weighted by molar-refractivity contribution is 0.410. The normalized spacial score (nSPS) is 16.0. The lowest BCUT2D eigenvalue weighted by atomic mass is 10.0. The zero-order valence-corrected chi connectivity index (χ0v) is 9.19. The Morgan fingerprint density at radius 2 is 1.83 bits per heavy atom. The molecule has 0 fully saturated rings. The van der Waals surface area contributed by atoms with E-state index in [9.17, 15) is 0 Å². The summed E-state index contributed by atoms with van der Waals surface area (Å²) in [6, 6.07) is 0.700. The Bertz CT molecular complexity index is 91.0. The highest BCUT2D eigenvalue weighted by Crippen LogP contribution is 2.09. The van der Waals surface area contributed by atoms with Gasteiger partial charge in [0, 0.05) is 6.04 Å². The lowest BCUT2D eigenvalue weighted by Crippen LogP contribution is -2.28. The summed E-state index contributed by atoms with van der Waals surface area (Å²) in [4.78, 5) is 0. The Morgan fingerprint density at radius 3 is 2.33 bits per heavy atom. The quantitative estimate of drug-likeness (QED) is 0.580. The van der Waals surface area contributed by atoms with Crippen LogP contribution >= 0.6 is 0 Å². The molecule has 74 valence electrons. The van der Waals surface area contributed by atoms with Crippen LogP contribution in [0.2, 0.25) is 0 Å². The molecular formula is C11H25N. The Morgan fingerprint density at radius 1 is 1.17 bits per heavy atom. The minimum absolute atomic E-state index is 0.700. The van der Waals surface area contributed by atoms with Crippen molar-refractivity contribution < 1.29 is 0 Å². The van der Waals surface area contributed by atoms with Crippen molar-refractivity contribution in [1.29, 1.82) is 0 Å². The maximum atomic E-state index is 3.55. The van der Waals surface area contributed by atoms with Gasteiger partial charge in [-0.25, -0.2) is 0 Å². The highest BCUT2D eigenvalue weighted by atomic mass is 14.9. The Labute approximate surface area is 77.9 Å². The minimum Gasteiger partial charge on any atom is -0.314 e. The van der Waals surface area contributed by atoms with Crippen molar-refractivity contribution in [2.45, 2.75) is 59.4 Å². The highest BCUT2D eigenvalue weighted by molar-refractivity contribution is 4.63. The number of unbranched alkanes of at least 4 members (excludes halogenated alkanes) is 1. The van der Waals surface area contributed by atoms with Gasteiger partial charge >= 0.3 is 0 Å². The monoisotopic (exact) mass is 171 g/mol. The summed E-state index contributed by atoms with van der Waals surface area (Å²) in [5.41, 5.74) is 0. The predicted molar refractivity (Wildman–Crippen MR) is 56.4 cm³/mol. The second-order valence-electron chi connectivity index (χ2n) is 3.96. The first-order valence-electron chi connectivity index (χ1n) is 5.44. The molecule has 0 amide bonds. The van der Waals surface area contributed by atoms with Gasteiger partial charge < -0.3 is 5.32 Å². The molecule has 2 unspecified atom stereocenters. The van der Waals surface area contributed by atoms with E-state index in [1.165, 1.54) is 32.2 Å². The van der Waals surface area contributed by atoms with Crippen LogP contribution in [0.15, 0.2) is 0 Å². The van der Waals surface area contributed by atoms with Gasteiger partial charge in [0.2, 0.25) is 0 Å². The van der Waals surface area contributed by atoms with Gasteiger partial charge in [-0.15, -0.1) is 0 Å². The minimum atomic E-state index is 0.700. The Hall–Kier alpha value is -0.0400. The fourth-order valence-electron chi connectivity index (χ4n) is 1.38. The van der Waals surface area contributed by atoms with Crippen LogP contribution in [0.1, 0.15) is 53.4 Å². The van der Waals surface area contributed by atoms with Crippen molar-refractivity contribution in [2.24, 2.45) is 5.92 Å². The molecule has 0 saturated carbocycles. The van der Waals surface area contributed by atoms with E-state index in [0.717, 1.165) is 5.92 Å². The summed E-state index contributed by atoms with van der Waals surface area (Å²) in [6.45, 7) is 10.3. The standard InChI is InChI=1S/C11H25N/c1-5-7-8-12-11(4)9-10(3)6-2/h10-12H,5-9H2,1-4H3. The molecule has 0 aliphatic heterocycles. The van der Waals surface area contributed by atoms with E-state index in [1.54, 1.807) is 0 Å². The SMILES string of the molecule is CCCCNC(C)CC(C)CC. The average molecular weight is 171 g/mol. The first-order chi connectivity index (χ1) is 5.70. The van der Waals surface area contributed by atoms with Gasteiger partial charge in [0.05, 0.1) is 0 Å². The third-order valence-electron chi connectivity index (χ3n) is 2.48. The van der Waals surface area contributed by atoms with E-state index in [-0.39, 0.29) is 0 Å². The van der Waals surface area contributed by atoms with Crippen LogP contribution < -0.4 is 5.32 Å². The predicted octanol–water partition coefficient (Wildman–Crippen LogP) is 3.20. The molecule has 0 radical (unpaired) electrons. The first-order valence-corrected chi connectivity index (χ1v) is 5.44. The molecule has 0 saturated heterocycles. The van der Waals surface area contributed by atoms with Gasteiger partial charge in [0.15, 0.2) is 0 Å². The molecule has 0 aromatic heterocycles. The third kappa shape index (κ3) is 6.66. The molecule has 0 aromatic rings. The van der Waals surface area contributed by atoms with E-state index >= 15 is 0 Å². The van der Waals surface area contributed by atoms with Gasteiger partial charge in [0.25, 0.3) is 0 Å². The molecule has 0 aromatic carbocycles. The molecule has 1 nitrogen and oxygen atoms in total. The average Bonchev–Trinajstić information content (AvgIpc) is 2.05. The summed E-state index contributed by atoms with van der Waals surface area (Å²) in [5, 5.41) is 3.55. The molecule has 0 rings (SSSR count). The van der Waals surface area contributed by atoms with Crippen molar-refractivity contribution in [1.82, 2.24) is 5.32 Å². The molecule has 0 spiro atoms. The Kier molecular flexibility index (Phi) is 7.58. The third-order valence-corrected chi connectivity index (χ3v) is 2.48. The van der Waals surface area contributed by atoms with Crippen molar-refractivity contribution in [3.63, 3.8) is 0 Å². The molecule has 0 bridgehead atoms. The van der Waals surface area contributed by atoms with Crippen LogP contribution in [0.5, 0.6) is 0 Å². The van der Waals surface area contributed by atoms with Crippen LogP contribution in [0, 0.1) is 5.92 Å². The molecular weight excluding hydrogens is 146 g/mol. The highest BCUT2D eigenvalue weighted by Gasteiger charge is 2.05. The molecule has 0 aliphatic rings. The van der Waals surface area contributed by atoms with E-state index in [4.69, 9.17) is 0 Å². The molecule has 1 heteroatoms. The van der Waals surface area contributed by atoms with Gasteiger partial charge in [-0.1, -0.05) is 33.6 Å². The molecule has 0 aliphatic carbocycles. The van der Waals surface area contributed by atoms with Crippen LogP contribution in [-0.4, -0.2) is 12.6 Å². The van der Waals surface area contributed by atoms with Crippen molar-refractivity contribution in [3.8, 4) is 0 Å². The van der Waals surface area contributed by atoms with Crippen molar-refractivity contribution >= 4 is 0 Å². The summed E-state index contributed by atoms with van der Waals surface area (Å²) in [6.07, 6.45) is 5.23.